The molecule has 0 spiro atoms. The number of rotatable bonds is 11. The summed E-state index contributed by atoms with van der Waals surface area (Å²) in [4.78, 5) is 48.8. The summed E-state index contributed by atoms with van der Waals surface area (Å²) in [7, 11) is 3.27. The average molecular weight is 699 g/mol. The van der Waals surface area contributed by atoms with Gasteiger partial charge in [0, 0.05) is 72.5 Å². The van der Waals surface area contributed by atoms with Gasteiger partial charge in [-0.05, 0) is 43.5 Å². The minimum Gasteiger partial charge on any atom is -0.469 e. The molecule has 4 aromatic rings. The van der Waals surface area contributed by atoms with Crippen LogP contribution in [-0.2, 0) is 39.0 Å². The number of para-hydroxylation sites is 1. The molecule has 0 unspecified atom stereocenters. The molecule has 2 aromatic heterocycles. The number of benzene rings is 2. The predicted octanol–water partition coefficient (Wildman–Crippen LogP) is 5.90. The van der Waals surface area contributed by atoms with Gasteiger partial charge in [-0.1, -0.05) is 41.4 Å². The number of ether oxygens (including phenoxy) is 2. The average Bonchev–Trinajstić information content (AvgIpc) is 3.77. The SMILES string of the molecule is CCOC1CN([C@H]2C[C@@H](c3ncc(CCC(=O)OC)s3)N(C(=O)Cc3cc(Cl)c(NC(=O)c4cn(C)c5ccccc45)cc3Cl)C2)C1. The maximum Gasteiger partial charge on any atom is 0.305 e. The molecular weight excluding hydrogens is 661 g/mol. The smallest absolute Gasteiger partial charge is 0.305 e. The van der Waals surface area contributed by atoms with Crippen LogP contribution in [0.4, 0.5) is 5.69 Å². The molecule has 0 saturated carbocycles. The van der Waals surface area contributed by atoms with Crippen molar-refractivity contribution in [1.82, 2.24) is 19.4 Å². The summed E-state index contributed by atoms with van der Waals surface area (Å²) >= 11 is 14.9. The number of carbonyl (C=O) groups is 3. The highest BCUT2D eigenvalue weighted by molar-refractivity contribution is 7.11. The van der Waals surface area contributed by atoms with E-state index in [4.69, 9.17) is 32.7 Å². The number of anilines is 1. The quantitative estimate of drug-likeness (QED) is 0.195. The molecule has 2 saturated heterocycles. The molecule has 6 rings (SSSR count). The number of aromatic nitrogens is 2. The molecule has 2 amide bonds. The van der Waals surface area contributed by atoms with E-state index in [0.717, 1.165) is 40.3 Å². The zero-order valence-electron chi connectivity index (χ0n) is 26.5. The van der Waals surface area contributed by atoms with Crippen LogP contribution in [0.1, 0.15) is 51.6 Å². The maximum atomic E-state index is 14.0. The van der Waals surface area contributed by atoms with Gasteiger partial charge in [0.15, 0.2) is 0 Å². The molecule has 1 N–H and O–H groups in total. The zero-order chi connectivity index (χ0) is 33.2. The number of fused-ring (bicyclic) bond motifs is 1. The summed E-state index contributed by atoms with van der Waals surface area (Å²) in [5.41, 5.74) is 2.41. The van der Waals surface area contributed by atoms with Crippen LogP contribution >= 0.6 is 34.5 Å². The molecule has 2 aliphatic rings. The highest BCUT2D eigenvalue weighted by atomic mass is 35.5. The number of nitrogens with one attached hydrogen (secondary N) is 1. The summed E-state index contributed by atoms with van der Waals surface area (Å²) in [6.45, 7) is 4.91. The normalized spacial score (nSPS) is 18.4. The number of amides is 2. The Balaban J connectivity index is 1.17. The first-order chi connectivity index (χ1) is 22.6. The van der Waals surface area contributed by atoms with Crippen LogP contribution in [0.3, 0.4) is 0 Å². The van der Waals surface area contributed by atoms with E-state index in [2.05, 4.69) is 15.2 Å². The van der Waals surface area contributed by atoms with Crippen molar-refractivity contribution in [2.45, 2.75) is 50.8 Å². The van der Waals surface area contributed by atoms with E-state index >= 15 is 0 Å². The zero-order valence-corrected chi connectivity index (χ0v) is 28.8. The number of carbonyl (C=O) groups excluding carboxylic acids is 3. The summed E-state index contributed by atoms with van der Waals surface area (Å²) < 4.78 is 12.5. The van der Waals surface area contributed by atoms with Crippen LogP contribution in [0.25, 0.3) is 10.9 Å². The Hall–Kier alpha value is -3.48. The Bertz CT molecular complexity index is 1800. The van der Waals surface area contributed by atoms with Gasteiger partial charge in [-0.25, -0.2) is 4.98 Å². The van der Waals surface area contributed by atoms with Crippen LogP contribution in [0, 0.1) is 0 Å². The van der Waals surface area contributed by atoms with Crippen molar-refractivity contribution in [3.63, 3.8) is 0 Å². The fraction of sp³-hybridized carbons (Fsp3) is 0.412. The first kappa shape index (κ1) is 33.4. The van der Waals surface area contributed by atoms with Gasteiger partial charge in [-0.15, -0.1) is 11.3 Å². The van der Waals surface area contributed by atoms with Crippen LogP contribution in [-0.4, -0.2) is 82.6 Å². The number of nitrogens with zero attached hydrogens (tertiary/aromatic N) is 4. The largest absolute Gasteiger partial charge is 0.469 e. The van der Waals surface area contributed by atoms with Crippen molar-refractivity contribution in [1.29, 1.82) is 0 Å². The molecule has 2 aromatic carbocycles. The lowest BCUT2D eigenvalue weighted by atomic mass is 10.1. The highest BCUT2D eigenvalue weighted by Gasteiger charge is 2.43. The second-order valence-electron chi connectivity index (χ2n) is 11.9. The number of methoxy groups -OCH3 is 1. The molecule has 0 aliphatic carbocycles. The van der Waals surface area contributed by atoms with Gasteiger partial charge < -0.3 is 24.3 Å². The third-order valence-electron chi connectivity index (χ3n) is 8.92. The lowest BCUT2D eigenvalue weighted by molar-refractivity contribution is -0.140. The van der Waals surface area contributed by atoms with Crippen LogP contribution in [0.5, 0.6) is 0 Å². The fourth-order valence-corrected chi connectivity index (χ4v) is 7.92. The number of aryl methyl sites for hydroxylation is 2. The van der Waals surface area contributed by atoms with Crippen molar-refractivity contribution in [3.8, 4) is 0 Å². The van der Waals surface area contributed by atoms with Gasteiger partial charge in [0.05, 0.1) is 48.4 Å². The van der Waals surface area contributed by atoms with E-state index in [1.165, 1.54) is 18.4 Å². The van der Waals surface area contributed by atoms with Gasteiger partial charge in [0.1, 0.15) is 5.01 Å². The van der Waals surface area contributed by atoms with Crippen LogP contribution < -0.4 is 5.32 Å². The lowest BCUT2D eigenvalue weighted by Gasteiger charge is -2.42. The predicted molar refractivity (Wildman–Crippen MR) is 183 cm³/mol. The molecule has 2 aliphatic heterocycles. The summed E-state index contributed by atoms with van der Waals surface area (Å²) in [6.07, 6.45) is 5.39. The molecule has 248 valence electrons. The van der Waals surface area contributed by atoms with Crippen molar-refractivity contribution < 1.29 is 23.9 Å². The minimum absolute atomic E-state index is 0.0431. The maximum absolute atomic E-state index is 14.0. The highest BCUT2D eigenvalue weighted by Crippen LogP contribution is 2.39. The second kappa shape index (κ2) is 14.3. The van der Waals surface area contributed by atoms with Crippen molar-refractivity contribution in [3.05, 3.63) is 79.8 Å². The summed E-state index contributed by atoms with van der Waals surface area (Å²) in [5, 5.41) is 5.19. The molecule has 0 radical (unpaired) electrons. The van der Waals surface area contributed by atoms with Gasteiger partial charge in [-0.3, -0.25) is 19.3 Å². The van der Waals surface area contributed by atoms with Crippen LogP contribution in [0.15, 0.2) is 48.8 Å². The second-order valence-corrected chi connectivity index (χ2v) is 13.9. The Morgan fingerprint density at radius 1 is 1.11 bits per heavy atom. The van der Waals surface area contributed by atoms with Crippen molar-refractivity contribution >= 4 is 68.9 Å². The summed E-state index contributed by atoms with van der Waals surface area (Å²) in [6, 6.07) is 10.9. The van der Waals surface area contributed by atoms with E-state index in [-0.39, 0.29) is 48.8 Å². The number of thiazole rings is 1. The number of esters is 1. The molecule has 10 nitrogen and oxygen atoms in total. The Labute approximate surface area is 287 Å². The number of likely N-dealkylation sites (tertiary alicyclic amines) is 2. The number of hydrogen-bond acceptors (Lipinski definition) is 8. The number of hydrogen-bond donors (Lipinski definition) is 1. The summed E-state index contributed by atoms with van der Waals surface area (Å²) in [5.74, 6) is -0.660. The van der Waals surface area contributed by atoms with Gasteiger partial charge in [0.25, 0.3) is 5.91 Å². The van der Waals surface area contributed by atoms with E-state index in [0.29, 0.717) is 46.4 Å². The molecule has 4 heterocycles. The third kappa shape index (κ3) is 7.19. The van der Waals surface area contributed by atoms with Crippen LogP contribution in [0.2, 0.25) is 10.0 Å². The third-order valence-corrected chi connectivity index (χ3v) is 10.7. The van der Waals surface area contributed by atoms with E-state index in [1.54, 1.807) is 24.5 Å². The molecule has 13 heteroatoms. The molecular formula is C34H37Cl2N5O5S. The fourth-order valence-electron chi connectivity index (χ4n) is 6.41. The molecule has 2 atom stereocenters. The molecule has 2 fully saturated rings. The van der Waals surface area contributed by atoms with Gasteiger partial charge >= 0.3 is 5.97 Å². The standard InChI is InChI=1S/C34H37Cl2N5O5S/c1-4-46-22-17-40(18-22)21-13-30(34-37-15-23(47-34)9-10-32(43)45-3)41(16-21)31(42)12-20-11-27(36)28(14-26(20)35)38-33(44)25-19-39(2)29-8-6-5-7-24(25)29/h5-8,11,14-15,19,21-22,30H,4,9-10,12-13,16-18H2,1-3H3,(H,38,44)/t21-,30-/m0/s1. The monoisotopic (exact) mass is 697 g/mol. The first-order valence-corrected chi connectivity index (χ1v) is 17.2. The van der Waals surface area contributed by atoms with Crippen molar-refractivity contribution in [2.75, 3.05) is 38.7 Å². The van der Waals surface area contributed by atoms with Gasteiger partial charge in [-0.2, -0.15) is 0 Å². The Morgan fingerprint density at radius 3 is 2.66 bits per heavy atom. The molecule has 0 bridgehead atoms. The number of halogens is 2. The Morgan fingerprint density at radius 2 is 1.89 bits per heavy atom. The van der Waals surface area contributed by atoms with Crippen molar-refractivity contribution in [2.24, 2.45) is 7.05 Å². The van der Waals surface area contributed by atoms with Gasteiger partial charge in [0.2, 0.25) is 5.91 Å². The van der Waals surface area contributed by atoms with E-state index in [1.807, 2.05) is 47.7 Å². The van der Waals surface area contributed by atoms with E-state index < -0.39 is 0 Å². The van der Waals surface area contributed by atoms with E-state index in [9.17, 15) is 14.4 Å². The lowest BCUT2D eigenvalue weighted by Crippen LogP contribution is -2.57. The molecule has 47 heavy (non-hydrogen) atoms. The first-order valence-electron chi connectivity index (χ1n) is 15.6. The Kier molecular flexibility index (Phi) is 10.2. The minimum atomic E-state index is -0.304. The topological polar surface area (TPSA) is 106 Å².